The zero-order chi connectivity index (χ0) is 13.0. The quantitative estimate of drug-likeness (QED) is 0.821. The van der Waals surface area contributed by atoms with Gasteiger partial charge in [-0.2, -0.15) is 0 Å². The fraction of sp³-hybridized carbons (Fsp3) is 0.500. The van der Waals surface area contributed by atoms with Gasteiger partial charge in [-0.1, -0.05) is 6.42 Å². The third-order valence-electron chi connectivity index (χ3n) is 3.38. The standard InChI is InChI=1S/C14H19NO2S/c1-10-5-6-12(18-10)7-8-14(17)15-13-4-2-3-11(13)9-16/h5-8,11,13,16H,2-4,9H2,1H3,(H,15,17)/b8-7+. The molecule has 0 aromatic carbocycles. The maximum absolute atomic E-state index is 11.8. The predicted molar refractivity (Wildman–Crippen MR) is 74.4 cm³/mol. The highest BCUT2D eigenvalue weighted by Crippen LogP contribution is 2.25. The summed E-state index contributed by atoms with van der Waals surface area (Å²) in [6.07, 6.45) is 6.50. The van der Waals surface area contributed by atoms with Gasteiger partial charge >= 0.3 is 0 Å². The van der Waals surface area contributed by atoms with E-state index in [-0.39, 0.29) is 24.5 Å². The van der Waals surface area contributed by atoms with Crippen LogP contribution in [0.2, 0.25) is 0 Å². The minimum atomic E-state index is -0.0635. The summed E-state index contributed by atoms with van der Waals surface area (Å²) in [7, 11) is 0. The van der Waals surface area contributed by atoms with Crippen molar-refractivity contribution in [3.8, 4) is 0 Å². The third-order valence-corrected chi connectivity index (χ3v) is 4.35. The van der Waals surface area contributed by atoms with E-state index in [1.165, 1.54) is 4.88 Å². The van der Waals surface area contributed by atoms with Crippen LogP contribution in [0.4, 0.5) is 0 Å². The van der Waals surface area contributed by atoms with Gasteiger partial charge in [-0.05, 0) is 38.0 Å². The van der Waals surface area contributed by atoms with Gasteiger partial charge in [-0.3, -0.25) is 4.79 Å². The second-order valence-electron chi connectivity index (χ2n) is 4.77. The van der Waals surface area contributed by atoms with Crippen molar-refractivity contribution in [2.75, 3.05) is 6.61 Å². The first-order valence-corrected chi connectivity index (χ1v) is 7.16. The van der Waals surface area contributed by atoms with Gasteiger partial charge in [0.15, 0.2) is 0 Å². The number of amides is 1. The van der Waals surface area contributed by atoms with Crippen LogP contribution in [0.1, 0.15) is 29.0 Å². The van der Waals surface area contributed by atoms with Crippen LogP contribution in [-0.2, 0) is 4.79 Å². The average molecular weight is 265 g/mol. The van der Waals surface area contributed by atoms with E-state index in [0.717, 1.165) is 24.1 Å². The number of hydrogen-bond acceptors (Lipinski definition) is 3. The normalized spacial score (nSPS) is 23.7. The first kappa shape index (κ1) is 13.3. The molecule has 0 bridgehead atoms. The molecular formula is C14H19NO2S. The first-order chi connectivity index (χ1) is 8.69. The van der Waals surface area contributed by atoms with Crippen molar-refractivity contribution in [1.82, 2.24) is 5.32 Å². The molecule has 2 N–H and O–H groups in total. The van der Waals surface area contributed by atoms with Gasteiger partial charge < -0.3 is 10.4 Å². The van der Waals surface area contributed by atoms with Crippen LogP contribution in [0.25, 0.3) is 6.08 Å². The second kappa shape index (κ2) is 6.16. The molecule has 1 heterocycles. The van der Waals surface area contributed by atoms with E-state index in [1.54, 1.807) is 17.4 Å². The number of nitrogens with one attached hydrogen (secondary N) is 1. The van der Waals surface area contributed by atoms with Crippen LogP contribution in [0.15, 0.2) is 18.2 Å². The summed E-state index contributed by atoms with van der Waals surface area (Å²) in [5.41, 5.74) is 0. The van der Waals surface area contributed by atoms with Crippen molar-refractivity contribution in [1.29, 1.82) is 0 Å². The smallest absolute Gasteiger partial charge is 0.244 e. The first-order valence-electron chi connectivity index (χ1n) is 6.35. The number of carbonyl (C=O) groups excluding carboxylic acids is 1. The zero-order valence-electron chi connectivity index (χ0n) is 10.6. The number of aryl methyl sites for hydroxylation is 1. The molecule has 1 saturated carbocycles. The molecule has 1 aromatic heterocycles. The largest absolute Gasteiger partial charge is 0.396 e. The lowest BCUT2D eigenvalue weighted by Crippen LogP contribution is -2.37. The van der Waals surface area contributed by atoms with E-state index in [1.807, 2.05) is 25.1 Å². The Morgan fingerprint density at radius 1 is 1.56 bits per heavy atom. The number of aliphatic hydroxyl groups excluding tert-OH is 1. The van der Waals surface area contributed by atoms with Gasteiger partial charge in [0.05, 0.1) is 0 Å². The minimum absolute atomic E-state index is 0.0635. The molecule has 4 heteroatoms. The van der Waals surface area contributed by atoms with E-state index >= 15 is 0 Å². The van der Waals surface area contributed by atoms with E-state index in [9.17, 15) is 9.90 Å². The molecule has 1 amide bonds. The Morgan fingerprint density at radius 2 is 2.39 bits per heavy atom. The van der Waals surface area contributed by atoms with Crippen LogP contribution in [0.3, 0.4) is 0 Å². The van der Waals surface area contributed by atoms with Crippen LogP contribution < -0.4 is 5.32 Å². The predicted octanol–water partition coefficient (Wildman–Crippen LogP) is 2.35. The average Bonchev–Trinajstić information content (AvgIpc) is 2.95. The summed E-state index contributed by atoms with van der Waals surface area (Å²) in [6.45, 7) is 2.21. The van der Waals surface area contributed by atoms with Crippen molar-refractivity contribution < 1.29 is 9.90 Å². The third kappa shape index (κ3) is 3.43. The maximum atomic E-state index is 11.8. The second-order valence-corrected chi connectivity index (χ2v) is 6.09. The van der Waals surface area contributed by atoms with Crippen molar-refractivity contribution in [3.05, 3.63) is 28.0 Å². The fourth-order valence-corrected chi connectivity index (χ4v) is 3.16. The lowest BCUT2D eigenvalue weighted by atomic mass is 10.1. The summed E-state index contributed by atoms with van der Waals surface area (Å²) in [5, 5.41) is 12.2. The Balaban J connectivity index is 1.86. The van der Waals surface area contributed by atoms with Crippen molar-refractivity contribution in [2.45, 2.75) is 32.2 Å². The summed E-state index contributed by atoms with van der Waals surface area (Å²) in [6, 6.07) is 4.19. The molecule has 1 aromatic rings. The van der Waals surface area contributed by atoms with Gasteiger partial charge in [0.1, 0.15) is 0 Å². The SMILES string of the molecule is Cc1ccc(/C=C/C(=O)NC2CCCC2CO)s1. The van der Waals surface area contributed by atoms with Gasteiger partial charge in [0.2, 0.25) is 5.91 Å². The summed E-state index contributed by atoms with van der Waals surface area (Å²) < 4.78 is 0. The Kier molecular flexibility index (Phi) is 4.55. The van der Waals surface area contributed by atoms with E-state index in [0.29, 0.717) is 0 Å². The van der Waals surface area contributed by atoms with Crippen molar-refractivity contribution in [3.63, 3.8) is 0 Å². The Labute approximate surface area is 112 Å². The highest BCUT2D eigenvalue weighted by atomic mass is 32.1. The van der Waals surface area contributed by atoms with Gasteiger partial charge in [-0.25, -0.2) is 0 Å². The molecule has 1 aliphatic carbocycles. The maximum Gasteiger partial charge on any atom is 0.244 e. The van der Waals surface area contributed by atoms with Crippen molar-refractivity contribution in [2.24, 2.45) is 5.92 Å². The van der Waals surface area contributed by atoms with Crippen molar-refractivity contribution >= 4 is 23.3 Å². The minimum Gasteiger partial charge on any atom is -0.396 e. The molecule has 2 unspecified atom stereocenters. The summed E-state index contributed by atoms with van der Waals surface area (Å²) >= 11 is 1.67. The molecule has 1 fully saturated rings. The molecule has 0 spiro atoms. The molecular weight excluding hydrogens is 246 g/mol. The van der Waals surface area contributed by atoms with Gasteiger partial charge in [0, 0.05) is 34.4 Å². The highest BCUT2D eigenvalue weighted by Gasteiger charge is 2.27. The summed E-state index contributed by atoms with van der Waals surface area (Å²) in [5.74, 6) is 0.165. The lowest BCUT2D eigenvalue weighted by molar-refractivity contribution is -0.117. The van der Waals surface area contributed by atoms with Crippen LogP contribution in [-0.4, -0.2) is 23.7 Å². The van der Waals surface area contributed by atoms with Gasteiger partial charge in [0.25, 0.3) is 0 Å². The molecule has 0 aliphatic heterocycles. The molecule has 18 heavy (non-hydrogen) atoms. The number of rotatable bonds is 4. The van der Waals surface area contributed by atoms with E-state index < -0.39 is 0 Å². The van der Waals surface area contributed by atoms with Crippen LogP contribution in [0, 0.1) is 12.8 Å². The molecule has 3 nitrogen and oxygen atoms in total. The Bertz CT molecular complexity index is 439. The molecule has 98 valence electrons. The summed E-state index contributed by atoms with van der Waals surface area (Å²) in [4.78, 5) is 14.1. The van der Waals surface area contributed by atoms with Crippen LogP contribution >= 0.6 is 11.3 Å². The highest BCUT2D eigenvalue weighted by molar-refractivity contribution is 7.12. The van der Waals surface area contributed by atoms with Gasteiger partial charge in [-0.15, -0.1) is 11.3 Å². The monoisotopic (exact) mass is 265 g/mol. The number of hydrogen-bond donors (Lipinski definition) is 2. The Morgan fingerprint density at radius 3 is 3.06 bits per heavy atom. The van der Waals surface area contributed by atoms with E-state index in [2.05, 4.69) is 5.32 Å². The molecule has 1 aliphatic rings. The lowest BCUT2D eigenvalue weighted by Gasteiger charge is -2.17. The number of carbonyl (C=O) groups is 1. The zero-order valence-corrected chi connectivity index (χ0v) is 11.4. The number of aliphatic hydroxyl groups is 1. The van der Waals surface area contributed by atoms with Crippen LogP contribution in [0.5, 0.6) is 0 Å². The Hall–Kier alpha value is -1.13. The van der Waals surface area contributed by atoms with E-state index in [4.69, 9.17) is 0 Å². The number of thiophene rings is 1. The topological polar surface area (TPSA) is 49.3 Å². The molecule has 0 saturated heterocycles. The molecule has 0 radical (unpaired) electrons. The molecule has 2 atom stereocenters. The fourth-order valence-electron chi connectivity index (χ4n) is 2.38. The molecule has 2 rings (SSSR count).